The van der Waals surface area contributed by atoms with Gasteiger partial charge in [0.2, 0.25) is 0 Å². The summed E-state index contributed by atoms with van der Waals surface area (Å²) < 4.78 is 5.86. The summed E-state index contributed by atoms with van der Waals surface area (Å²) >= 11 is 6.33. The maximum absolute atomic E-state index is 12.3. The Hall–Kier alpha value is -1.06. The summed E-state index contributed by atoms with van der Waals surface area (Å²) in [5, 5.41) is -0.164. The van der Waals surface area contributed by atoms with E-state index >= 15 is 0 Å². The van der Waals surface area contributed by atoms with Gasteiger partial charge in [-0.1, -0.05) is 30.3 Å². The highest BCUT2D eigenvalue weighted by atomic mass is 35.5. The summed E-state index contributed by atoms with van der Waals surface area (Å²) in [6.07, 6.45) is -0.461. The molecule has 0 saturated carbocycles. The zero-order chi connectivity index (χ0) is 14.9. The minimum Gasteiger partial charge on any atom is -0.361 e. The highest BCUT2D eigenvalue weighted by molar-refractivity contribution is 6.22. The number of β-lactam (4-membered cyclic amide) rings is 1. The number of amides is 1. The molecule has 1 amide bonds. The molecule has 1 aromatic rings. The average Bonchev–Trinajstić information content (AvgIpc) is 2.39. The molecule has 0 spiro atoms. The lowest BCUT2D eigenvalue weighted by atomic mass is 9.78. The lowest BCUT2D eigenvalue weighted by Gasteiger charge is -2.58. The van der Waals surface area contributed by atoms with Gasteiger partial charge in [-0.2, -0.15) is 0 Å². The Labute approximate surface area is 125 Å². The van der Waals surface area contributed by atoms with Crippen LogP contribution in [0.1, 0.15) is 33.3 Å². The Morgan fingerprint density at radius 1 is 1.30 bits per heavy atom. The van der Waals surface area contributed by atoms with Crippen molar-refractivity contribution in [1.29, 1.82) is 0 Å². The number of carbonyl (C=O) groups is 1. The topological polar surface area (TPSA) is 29.5 Å². The zero-order valence-corrected chi connectivity index (χ0v) is 13.2. The minimum atomic E-state index is -0.461. The van der Waals surface area contributed by atoms with Crippen LogP contribution in [0.25, 0.3) is 0 Å². The molecule has 1 fully saturated rings. The van der Waals surface area contributed by atoms with Crippen molar-refractivity contribution in [3.8, 4) is 0 Å². The predicted molar refractivity (Wildman–Crippen MR) is 80.7 cm³/mol. The van der Waals surface area contributed by atoms with Crippen LogP contribution in [-0.2, 0) is 16.1 Å². The molecule has 1 aliphatic rings. The van der Waals surface area contributed by atoms with Gasteiger partial charge in [-0.25, -0.2) is 0 Å². The van der Waals surface area contributed by atoms with Gasteiger partial charge in [-0.05, 0) is 33.3 Å². The number of benzene rings is 1. The van der Waals surface area contributed by atoms with E-state index in [9.17, 15) is 4.79 Å². The van der Waals surface area contributed by atoms with Crippen LogP contribution in [-0.4, -0.2) is 33.9 Å². The molecule has 0 aliphatic carbocycles. The number of carbonyl (C=O) groups excluding carboxylic acids is 1. The summed E-state index contributed by atoms with van der Waals surface area (Å²) in [5.74, 6) is 0.0333. The molecular formula is C16H22ClNO2. The molecule has 1 heterocycles. The SMILES string of the molecule is CC(C)N1C(=O)[C@H](OCc2ccccc2)[C@]1(C)[C@@H](C)Cl. The first-order valence-electron chi connectivity index (χ1n) is 7.01. The summed E-state index contributed by atoms with van der Waals surface area (Å²) in [6, 6.07) is 10.0. The molecule has 3 nitrogen and oxygen atoms in total. The molecule has 1 aliphatic heterocycles. The summed E-state index contributed by atoms with van der Waals surface area (Å²) in [6.45, 7) is 8.36. The van der Waals surface area contributed by atoms with Crippen LogP contribution in [0.2, 0.25) is 0 Å². The zero-order valence-electron chi connectivity index (χ0n) is 12.5. The number of hydrogen-bond acceptors (Lipinski definition) is 2. The molecule has 0 N–H and O–H groups in total. The molecule has 1 saturated heterocycles. The minimum absolute atomic E-state index is 0.0333. The number of rotatable bonds is 5. The van der Waals surface area contributed by atoms with Gasteiger partial charge in [0.05, 0.1) is 17.5 Å². The van der Waals surface area contributed by atoms with Crippen LogP contribution >= 0.6 is 11.6 Å². The average molecular weight is 296 g/mol. The van der Waals surface area contributed by atoms with Crippen molar-refractivity contribution in [3.63, 3.8) is 0 Å². The highest BCUT2D eigenvalue weighted by Crippen LogP contribution is 2.41. The number of ether oxygens (including phenoxy) is 1. The predicted octanol–water partition coefficient (Wildman–Crippen LogP) is 3.21. The quantitative estimate of drug-likeness (QED) is 0.617. The standard InChI is InChI=1S/C16H22ClNO2/c1-11(2)18-15(19)14(16(18,4)12(3)17)20-10-13-8-6-5-7-9-13/h5-9,11-12,14H,10H2,1-4H3/t12-,14+,16+/m1/s1. The van der Waals surface area contributed by atoms with E-state index in [0.29, 0.717) is 6.61 Å². The largest absolute Gasteiger partial charge is 0.361 e. The van der Waals surface area contributed by atoms with Crippen LogP contribution in [0.15, 0.2) is 30.3 Å². The molecule has 1 aromatic carbocycles. The molecular weight excluding hydrogens is 274 g/mol. The molecule has 4 heteroatoms. The van der Waals surface area contributed by atoms with Crippen LogP contribution in [0.4, 0.5) is 0 Å². The van der Waals surface area contributed by atoms with Crippen LogP contribution in [0, 0.1) is 0 Å². The summed E-state index contributed by atoms with van der Waals surface area (Å²) in [7, 11) is 0. The summed E-state index contributed by atoms with van der Waals surface area (Å²) in [5.41, 5.74) is 0.620. The van der Waals surface area contributed by atoms with Gasteiger partial charge in [0.25, 0.3) is 5.91 Å². The van der Waals surface area contributed by atoms with E-state index in [0.717, 1.165) is 5.56 Å². The number of halogens is 1. The Morgan fingerprint density at radius 3 is 2.40 bits per heavy atom. The third-order valence-electron chi connectivity index (χ3n) is 4.09. The molecule has 0 radical (unpaired) electrons. The second-order valence-electron chi connectivity index (χ2n) is 5.82. The highest BCUT2D eigenvalue weighted by Gasteiger charge is 2.61. The first-order valence-corrected chi connectivity index (χ1v) is 7.45. The van der Waals surface area contributed by atoms with Crippen molar-refractivity contribution < 1.29 is 9.53 Å². The molecule has 3 atom stereocenters. The van der Waals surface area contributed by atoms with Gasteiger partial charge in [0.15, 0.2) is 6.10 Å². The summed E-state index contributed by atoms with van der Waals surface area (Å²) in [4.78, 5) is 14.1. The van der Waals surface area contributed by atoms with E-state index in [2.05, 4.69) is 0 Å². The lowest BCUT2D eigenvalue weighted by molar-refractivity contribution is -0.199. The molecule has 0 aromatic heterocycles. The lowest BCUT2D eigenvalue weighted by Crippen LogP contribution is -2.78. The Balaban J connectivity index is 2.09. The fraction of sp³-hybridized carbons (Fsp3) is 0.562. The Bertz CT molecular complexity index is 475. The fourth-order valence-electron chi connectivity index (χ4n) is 2.88. The van der Waals surface area contributed by atoms with Gasteiger partial charge in [0, 0.05) is 6.04 Å². The second kappa shape index (κ2) is 5.74. The van der Waals surface area contributed by atoms with Crippen LogP contribution in [0.3, 0.4) is 0 Å². The Morgan fingerprint density at radius 2 is 1.90 bits per heavy atom. The van der Waals surface area contributed by atoms with Gasteiger partial charge in [-0.15, -0.1) is 11.6 Å². The van der Waals surface area contributed by atoms with E-state index in [4.69, 9.17) is 16.3 Å². The number of alkyl halides is 1. The third-order valence-corrected chi connectivity index (χ3v) is 4.53. The van der Waals surface area contributed by atoms with E-state index in [1.807, 2.05) is 62.9 Å². The van der Waals surface area contributed by atoms with Gasteiger partial charge in [-0.3, -0.25) is 4.79 Å². The first-order chi connectivity index (χ1) is 9.39. The number of likely N-dealkylation sites (tertiary alicyclic amines) is 1. The molecule has 20 heavy (non-hydrogen) atoms. The van der Waals surface area contributed by atoms with Crippen molar-refractivity contribution >= 4 is 17.5 Å². The monoisotopic (exact) mass is 295 g/mol. The van der Waals surface area contributed by atoms with Crippen molar-refractivity contribution in [3.05, 3.63) is 35.9 Å². The number of nitrogens with zero attached hydrogens (tertiary/aromatic N) is 1. The normalized spacial score (nSPS) is 27.6. The van der Waals surface area contributed by atoms with Gasteiger partial charge in [0.1, 0.15) is 0 Å². The molecule has 110 valence electrons. The van der Waals surface area contributed by atoms with Gasteiger partial charge >= 0.3 is 0 Å². The van der Waals surface area contributed by atoms with E-state index in [1.54, 1.807) is 0 Å². The van der Waals surface area contributed by atoms with Gasteiger partial charge < -0.3 is 9.64 Å². The van der Waals surface area contributed by atoms with Crippen molar-refractivity contribution in [2.24, 2.45) is 0 Å². The molecule has 2 rings (SSSR count). The smallest absolute Gasteiger partial charge is 0.255 e. The maximum atomic E-state index is 12.3. The Kier molecular flexibility index (Phi) is 4.40. The second-order valence-corrected chi connectivity index (χ2v) is 6.48. The first kappa shape index (κ1) is 15.3. The third kappa shape index (κ3) is 2.45. The van der Waals surface area contributed by atoms with Crippen molar-refractivity contribution in [2.45, 2.75) is 57.4 Å². The fourth-order valence-corrected chi connectivity index (χ4v) is 3.10. The molecule has 0 unspecified atom stereocenters. The maximum Gasteiger partial charge on any atom is 0.255 e. The van der Waals surface area contributed by atoms with Crippen molar-refractivity contribution in [2.75, 3.05) is 0 Å². The number of hydrogen-bond donors (Lipinski definition) is 0. The van der Waals surface area contributed by atoms with E-state index < -0.39 is 11.6 Å². The van der Waals surface area contributed by atoms with E-state index in [-0.39, 0.29) is 17.3 Å². The van der Waals surface area contributed by atoms with Crippen molar-refractivity contribution in [1.82, 2.24) is 4.90 Å². The van der Waals surface area contributed by atoms with E-state index in [1.165, 1.54) is 0 Å². The van der Waals surface area contributed by atoms with Crippen LogP contribution < -0.4 is 0 Å². The van der Waals surface area contributed by atoms with Crippen LogP contribution in [0.5, 0.6) is 0 Å². The molecule has 0 bridgehead atoms.